The highest BCUT2D eigenvalue weighted by atomic mass is 16.5. The van der Waals surface area contributed by atoms with Crippen LogP contribution in [0.15, 0.2) is 36.2 Å². The predicted molar refractivity (Wildman–Crippen MR) is 79.2 cm³/mol. The van der Waals surface area contributed by atoms with Crippen molar-refractivity contribution in [2.45, 2.75) is 57.2 Å². The van der Waals surface area contributed by atoms with Gasteiger partial charge in [0.1, 0.15) is 0 Å². The average molecular weight is 269 g/mol. The number of rotatable bonds is 1. The van der Waals surface area contributed by atoms with Gasteiger partial charge in [-0.2, -0.15) is 0 Å². The third-order valence-corrected chi connectivity index (χ3v) is 5.36. The molecule has 0 aromatic carbocycles. The molecule has 106 valence electrons. The fourth-order valence-electron chi connectivity index (χ4n) is 4.46. The van der Waals surface area contributed by atoms with E-state index < -0.39 is 0 Å². The smallest absolute Gasteiger partial charge is 0.0909 e. The summed E-state index contributed by atoms with van der Waals surface area (Å²) in [6.07, 6.45) is 16.3. The molecule has 0 bridgehead atoms. The van der Waals surface area contributed by atoms with E-state index in [1.165, 1.54) is 50.5 Å². The Labute approximate surface area is 121 Å². The molecular weight excluding hydrogens is 246 g/mol. The molecule has 0 spiro atoms. The van der Waals surface area contributed by atoms with Gasteiger partial charge in [-0.3, -0.25) is 4.98 Å². The van der Waals surface area contributed by atoms with Crippen LogP contribution in [0.25, 0.3) is 0 Å². The first-order valence-corrected chi connectivity index (χ1v) is 8.19. The Hall–Kier alpha value is -1.15. The van der Waals surface area contributed by atoms with Crippen molar-refractivity contribution >= 4 is 0 Å². The second-order valence-electron chi connectivity index (χ2n) is 6.51. The second-order valence-corrected chi connectivity index (χ2v) is 6.51. The maximum atomic E-state index is 6.57. The molecule has 2 fully saturated rings. The molecule has 4 rings (SSSR count). The number of hydrogen-bond acceptors (Lipinski definition) is 2. The number of ether oxygens (including phenoxy) is 1. The summed E-state index contributed by atoms with van der Waals surface area (Å²) in [6.45, 7) is 0. The van der Waals surface area contributed by atoms with Gasteiger partial charge in [0, 0.05) is 24.2 Å². The molecule has 2 heterocycles. The van der Waals surface area contributed by atoms with E-state index in [4.69, 9.17) is 4.74 Å². The summed E-state index contributed by atoms with van der Waals surface area (Å²) in [5, 5.41) is 0. The van der Waals surface area contributed by atoms with E-state index in [1.807, 2.05) is 18.5 Å². The van der Waals surface area contributed by atoms with Crippen molar-refractivity contribution in [3.8, 4) is 0 Å². The molecule has 3 aliphatic rings. The molecule has 1 saturated carbocycles. The van der Waals surface area contributed by atoms with Crippen molar-refractivity contribution in [1.82, 2.24) is 4.98 Å². The van der Waals surface area contributed by atoms with E-state index in [2.05, 4.69) is 17.1 Å². The van der Waals surface area contributed by atoms with Crippen LogP contribution in [0.2, 0.25) is 0 Å². The van der Waals surface area contributed by atoms with Crippen molar-refractivity contribution in [3.63, 3.8) is 0 Å². The Bertz CT molecular complexity index is 495. The first-order chi connectivity index (χ1) is 9.93. The van der Waals surface area contributed by atoms with Crippen LogP contribution in [0.5, 0.6) is 0 Å². The van der Waals surface area contributed by atoms with Gasteiger partial charge in [0.2, 0.25) is 0 Å². The van der Waals surface area contributed by atoms with Gasteiger partial charge < -0.3 is 4.74 Å². The Kier molecular flexibility index (Phi) is 3.35. The van der Waals surface area contributed by atoms with Crippen molar-refractivity contribution < 1.29 is 4.74 Å². The van der Waals surface area contributed by atoms with Gasteiger partial charge in [-0.05, 0) is 43.7 Å². The van der Waals surface area contributed by atoms with E-state index in [1.54, 1.807) is 5.57 Å². The van der Waals surface area contributed by atoms with Crippen LogP contribution in [-0.2, 0) is 4.74 Å². The zero-order chi connectivity index (χ0) is 13.4. The average Bonchev–Trinajstić information content (AvgIpc) is 2.55. The molecule has 2 aliphatic carbocycles. The Morgan fingerprint density at radius 1 is 1.05 bits per heavy atom. The highest BCUT2D eigenvalue weighted by molar-refractivity contribution is 5.26. The zero-order valence-corrected chi connectivity index (χ0v) is 12.0. The minimum absolute atomic E-state index is 0.245. The van der Waals surface area contributed by atoms with Crippen molar-refractivity contribution in [2.75, 3.05) is 0 Å². The van der Waals surface area contributed by atoms with Crippen LogP contribution in [0.1, 0.15) is 56.6 Å². The molecule has 2 heteroatoms. The lowest BCUT2D eigenvalue weighted by Crippen LogP contribution is -2.41. The van der Waals surface area contributed by atoms with E-state index >= 15 is 0 Å². The van der Waals surface area contributed by atoms with Crippen LogP contribution < -0.4 is 0 Å². The summed E-state index contributed by atoms with van der Waals surface area (Å²) in [5.74, 6) is 1.31. The van der Waals surface area contributed by atoms with Gasteiger partial charge in [0.05, 0.1) is 12.2 Å². The van der Waals surface area contributed by atoms with Gasteiger partial charge in [-0.25, -0.2) is 0 Å². The van der Waals surface area contributed by atoms with Crippen molar-refractivity contribution in [1.29, 1.82) is 0 Å². The normalized spacial score (nSPS) is 36.7. The fraction of sp³-hybridized carbons (Fsp3) is 0.611. The Morgan fingerprint density at radius 3 is 2.85 bits per heavy atom. The summed E-state index contributed by atoms with van der Waals surface area (Å²) in [6, 6.07) is 4.23. The molecule has 1 aromatic rings. The highest BCUT2D eigenvalue weighted by Gasteiger charge is 2.43. The maximum absolute atomic E-state index is 6.57. The van der Waals surface area contributed by atoms with Gasteiger partial charge in [-0.1, -0.05) is 30.6 Å². The number of aromatic nitrogens is 1. The maximum Gasteiger partial charge on any atom is 0.0909 e. The van der Waals surface area contributed by atoms with Crippen LogP contribution >= 0.6 is 0 Å². The molecule has 4 unspecified atom stereocenters. The van der Waals surface area contributed by atoms with Crippen LogP contribution in [0.3, 0.4) is 0 Å². The summed E-state index contributed by atoms with van der Waals surface area (Å²) in [5.41, 5.74) is 3.00. The third-order valence-electron chi connectivity index (χ3n) is 5.36. The second kappa shape index (κ2) is 5.33. The van der Waals surface area contributed by atoms with Crippen molar-refractivity contribution in [2.24, 2.45) is 11.8 Å². The Balaban J connectivity index is 1.70. The third kappa shape index (κ3) is 2.10. The topological polar surface area (TPSA) is 22.1 Å². The first-order valence-electron chi connectivity index (χ1n) is 8.19. The summed E-state index contributed by atoms with van der Waals surface area (Å²) >= 11 is 0. The Morgan fingerprint density at radius 2 is 1.95 bits per heavy atom. The molecule has 1 saturated heterocycles. The fourth-order valence-corrected chi connectivity index (χ4v) is 4.46. The lowest BCUT2D eigenvalue weighted by atomic mass is 9.68. The molecule has 0 N–H and O–H groups in total. The molecule has 2 nitrogen and oxygen atoms in total. The standard InChI is InChI=1S/C18H23NO/c1-2-9-16-14(7-1)15-8-3-4-10-17(15)20-18(16)13-6-5-11-19-12-13/h5-7,11-12,15-18H,1-4,8-10H2. The van der Waals surface area contributed by atoms with E-state index in [0.29, 0.717) is 17.9 Å². The minimum atomic E-state index is 0.245. The largest absolute Gasteiger partial charge is 0.369 e. The number of nitrogens with zero attached hydrogens (tertiary/aromatic N) is 1. The van der Waals surface area contributed by atoms with Crippen LogP contribution in [0.4, 0.5) is 0 Å². The summed E-state index contributed by atoms with van der Waals surface area (Å²) in [4.78, 5) is 4.30. The molecule has 0 radical (unpaired) electrons. The van der Waals surface area contributed by atoms with Crippen molar-refractivity contribution in [3.05, 3.63) is 41.7 Å². The molecule has 0 amide bonds. The van der Waals surface area contributed by atoms with E-state index in [9.17, 15) is 0 Å². The number of hydrogen-bond donors (Lipinski definition) is 0. The van der Waals surface area contributed by atoms with Gasteiger partial charge in [0.25, 0.3) is 0 Å². The molecule has 20 heavy (non-hydrogen) atoms. The monoisotopic (exact) mass is 269 g/mol. The number of allylic oxidation sites excluding steroid dienone is 1. The quantitative estimate of drug-likeness (QED) is 0.703. The highest BCUT2D eigenvalue weighted by Crippen LogP contribution is 2.50. The summed E-state index contributed by atoms with van der Waals surface area (Å²) in [7, 11) is 0. The molecular formula is C18H23NO. The van der Waals surface area contributed by atoms with Gasteiger partial charge in [-0.15, -0.1) is 0 Å². The lowest BCUT2D eigenvalue weighted by molar-refractivity contribution is -0.106. The first kappa shape index (κ1) is 12.6. The SMILES string of the molecule is C1=C2C3CCCCC3OC(c3cccnc3)C2CCC1. The molecule has 4 atom stereocenters. The van der Waals surface area contributed by atoms with E-state index in [-0.39, 0.29) is 6.10 Å². The van der Waals surface area contributed by atoms with Crippen LogP contribution in [-0.4, -0.2) is 11.1 Å². The van der Waals surface area contributed by atoms with Gasteiger partial charge >= 0.3 is 0 Å². The van der Waals surface area contributed by atoms with E-state index in [0.717, 1.165) is 0 Å². The summed E-state index contributed by atoms with van der Waals surface area (Å²) < 4.78 is 6.57. The number of fused-ring (bicyclic) bond motifs is 3. The molecule has 1 aromatic heterocycles. The number of pyridine rings is 1. The van der Waals surface area contributed by atoms with Gasteiger partial charge in [0.15, 0.2) is 0 Å². The molecule has 1 aliphatic heterocycles. The van der Waals surface area contributed by atoms with Crippen LogP contribution in [0, 0.1) is 11.8 Å². The minimum Gasteiger partial charge on any atom is -0.369 e. The zero-order valence-electron chi connectivity index (χ0n) is 12.0. The predicted octanol–water partition coefficient (Wildman–Crippen LogP) is 4.44. The lowest BCUT2D eigenvalue weighted by Gasteiger charge is -2.47.